The lowest BCUT2D eigenvalue weighted by molar-refractivity contribution is -0.115. The lowest BCUT2D eigenvalue weighted by Gasteiger charge is -2.05. The average molecular weight is 388 g/mol. The van der Waals surface area contributed by atoms with Crippen LogP contribution in [0.5, 0.6) is 0 Å². The number of hydrogen-bond acceptors (Lipinski definition) is 4. The van der Waals surface area contributed by atoms with Crippen LogP contribution in [0.3, 0.4) is 0 Å². The first-order valence-corrected chi connectivity index (χ1v) is 9.71. The van der Waals surface area contributed by atoms with Gasteiger partial charge in [0.25, 0.3) is 0 Å². The molecule has 0 fully saturated rings. The number of carbonyl (C=O) groups is 1. The number of H-pyrrole nitrogens is 2. The van der Waals surface area contributed by atoms with Crippen LogP contribution in [0.15, 0.2) is 42.5 Å². The van der Waals surface area contributed by atoms with Crippen LogP contribution >= 0.6 is 0 Å². The van der Waals surface area contributed by atoms with Crippen LogP contribution in [0.25, 0.3) is 11.0 Å². The van der Waals surface area contributed by atoms with Crippen molar-refractivity contribution >= 4 is 22.6 Å². The van der Waals surface area contributed by atoms with Crippen molar-refractivity contribution in [2.24, 2.45) is 0 Å². The zero-order valence-corrected chi connectivity index (χ0v) is 16.8. The number of benzene rings is 2. The summed E-state index contributed by atoms with van der Waals surface area (Å²) >= 11 is 0. The zero-order chi connectivity index (χ0) is 20.4. The highest BCUT2D eigenvalue weighted by Crippen LogP contribution is 2.17. The van der Waals surface area contributed by atoms with Gasteiger partial charge in [-0.15, -0.1) is 0 Å². The van der Waals surface area contributed by atoms with E-state index in [1.54, 1.807) is 0 Å². The highest BCUT2D eigenvalue weighted by molar-refractivity contribution is 5.91. The van der Waals surface area contributed by atoms with Crippen LogP contribution in [0, 0.1) is 6.92 Å². The Hall–Kier alpha value is -3.48. The van der Waals surface area contributed by atoms with Crippen molar-refractivity contribution in [2.45, 2.75) is 39.5 Å². The molecule has 3 N–H and O–H groups in total. The van der Waals surface area contributed by atoms with Gasteiger partial charge in [0, 0.05) is 18.0 Å². The molecule has 2 aromatic heterocycles. The number of carbonyl (C=O) groups excluding carboxylic acids is 1. The SMILES string of the molecule is Cc1ccc2nc(Cc3ccc(NC(=O)Cc4nc(C(C)C)n[nH]4)cc3)[nH]c2c1. The molecule has 0 aliphatic carbocycles. The van der Waals surface area contributed by atoms with Gasteiger partial charge in [-0.3, -0.25) is 9.89 Å². The van der Waals surface area contributed by atoms with Crippen molar-refractivity contribution in [3.05, 3.63) is 71.1 Å². The Morgan fingerprint density at radius 1 is 1.07 bits per heavy atom. The number of nitrogens with one attached hydrogen (secondary N) is 3. The van der Waals surface area contributed by atoms with Gasteiger partial charge >= 0.3 is 0 Å². The first-order valence-electron chi connectivity index (χ1n) is 9.71. The van der Waals surface area contributed by atoms with Gasteiger partial charge < -0.3 is 10.3 Å². The van der Waals surface area contributed by atoms with Gasteiger partial charge in [0.05, 0.1) is 17.5 Å². The van der Waals surface area contributed by atoms with E-state index in [2.05, 4.69) is 49.5 Å². The van der Waals surface area contributed by atoms with Gasteiger partial charge in [0.2, 0.25) is 5.91 Å². The van der Waals surface area contributed by atoms with Crippen molar-refractivity contribution in [1.29, 1.82) is 0 Å². The predicted molar refractivity (Wildman–Crippen MR) is 113 cm³/mol. The van der Waals surface area contributed by atoms with Crippen LogP contribution in [0.2, 0.25) is 0 Å². The Morgan fingerprint density at radius 3 is 2.59 bits per heavy atom. The smallest absolute Gasteiger partial charge is 0.232 e. The summed E-state index contributed by atoms with van der Waals surface area (Å²) < 4.78 is 0. The maximum Gasteiger partial charge on any atom is 0.232 e. The first-order chi connectivity index (χ1) is 14.0. The lowest BCUT2D eigenvalue weighted by Crippen LogP contribution is -2.15. The number of aromatic nitrogens is 5. The minimum Gasteiger partial charge on any atom is -0.342 e. The number of rotatable bonds is 6. The Kier molecular flexibility index (Phi) is 5.12. The molecule has 2 aromatic carbocycles. The highest BCUT2D eigenvalue weighted by atomic mass is 16.1. The molecule has 148 valence electrons. The molecule has 0 radical (unpaired) electrons. The number of amides is 1. The second-order valence-electron chi connectivity index (χ2n) is 7.60. The molecule has 29 heavy (non-hydrogen) atoms. The van der Waals surface area contributed by atoms with Gasteiger partial charge in [-0.25, -0.2) is 9.97 Å². The van der Waals surface area contributed by atoms with Gasteiger partial charge in [0.15, 0.2) is 5.82 Å². The highest BCUT2D eigenvalue weighted by Gasteiger charge is 2.11. The number of aryl methyl sites for hydroxylation is 1. The Balaban J connectivity index is 1.37. The molecule has 4 rings (SSSR count). The monoisotopic (exact) mass is 388 g/mol. The third kappa shape index (κ3) is 4.51. The molecule has 4 aromatic rings. The van der Waals surface area contributed by atoms with E-state index in [1.807, 2.05) is 44.2 Å². The summed E-state index contributed by atoms with van der Waals surface area (Å²) in [6.45, 7) is 6.10. The van der Waals surface area contributed by atoms with E-state index in [0.29, 0.717) is 12.2 Å². The number of aromatic amines is 2. The quantitative estimate of drug-likeness (QED) is 0.467. The molecule has 2 heterocycles. The largest absolute Gasteiger partial charge is 0.342 e. The second kappa shape index (κ2) is 7.87. The lowest BCUT2D eigenvalue weighted by atomic mass is 10.1. The first kappa shape index (κ1) is 18.9. The fraction of sp³-hybridized carbons (Fsp3) is 0.273. The van der Waals surface area contributed by atoms with Crippen molar-refractivity contribution in [1.82, 2.24) is 25.1 Å². The summed E-state index contributed by atoms with van der Waals surface area (Å²) in [5.41, 5.74) is 5.11. The number of anilines is 1. The number of nitrogens with zero attached hydrogens (tertiary/aromatic N) is 3. The van der Waals surface area contributed by atoms with Crippen LogP contribution in [-0.4, -0.2) is 31.1 Å². The van der Waals surface area contributed by atoms with Crippen LogP contribution < -0.4 is 5.32 Å². The Morgan fingerprint density at radius 2 is 1.86 bits per heavy atom. The summed E-state index contributed by atoms with van der Waals surface area (Å²) in [5.74, 6) is 2.32. The molecule has 7 heteroatoms. The normalized spacial score (nSPS) is 11.3. The van der Waals surface area contributed by atoms with E-state index < -0.39 is 0 Å². The minimum absolute atomic E-state index is 0.128. The third-order valence-electron chi connectivity index (χ3n) is 4.69. The van der Waals surface area contributed by atoms with Crippen molar-refractivity contribution in [3.8, 4) is 0 Å². The van der Waals surface area contributed by atoms with E-state index in [1.165, 1.54) is 5.56 Å². The fourth-order valence-corrected chi connectivity index (χ4v) is 3.16. The van der Waals surface area contributed by atoms with Crippen molar-refractivity contribution in [2.75, 3.05) is 5.32 Å². The second-order valence-corrected chi connectivity index (χ2v) is 7.60. The summed E-state index contributed by atoms with van der Waals surface area (Å²) in [4.78, 5) is 24.6. The molecule has 0 saturated heterocycles. The maximum absolute atomic E-state index is 12.2. The molecule has 1 amide bonds. The standard InChI is InChI=1S/C22H24N6O/c1-13(2)22-26-20(27-28-22)12-21(29)23-16-7-5-15(6-8-16)11-19-24-17-9-4-14(3)10-18(17)25-19/h4-10,13H,11-12H2,1-3H3,(H,23,29)(H,24,25)(H,26,27,28). The van der Waals surface area contributed by atoms with E-state index >= 15 is 0 Å². The van der Waals surface area contributed by atoms with Crippen LogP contribution in [0.1, 0.15) is 48.4 Å². The summed E-state index contributed by atoms with van der Waals surface area (Å²) in [6.07, 6.45) is 0.873. The minimum atomic E-state index is -0.128. The molecule has 0 bridgehead atoms. The Labute approximate surface area is 169 Å². The van der Waals surface area contributed by atoms with E-state index in [9.17, 15) is 4.79 Å². The van der Waals surface area contributed by atoms with Gasteiger partial charge in [-0.2, -0.15) is 5.10 Å². The molecule has 7 nitrogen and oxygen atoms in total. The number of fused-ring (bicyclic) bond motifs is 1. The number of hydrogen-bond donors (Lipinski definition) is 3. The molecule has 0 aliphatic heterocycles. The summed E-state index contributed by atoms with van der Waals surface area (Å²) in [7, 11) is 0. The Bertz CT molecular complexity index is 1140. The van der Waals surface area contributed by atoms with Crippen LogP contribution in [-0.2, 0) is 17.6 Å². The van der Waals surface area contributed by atoms with E-state index in [-0.39, 0.29) is 18.2 Å². The molecule has 0 unspecified atom stereocenters. The molecule has 0 aliphatic rings. The van der Waals surface area contributed by atoms with Gasteiger partial charge in [-0.1, -0.05) is 32.0 Å². The predicted octanol–water partition coefficient (Wildman–Crippen LogP) is 3.88. The summed E-state index contributed by atoms with van der Waals surface area (Å²) in [6, 6.07) is 14.0. The average Bonchev–Trinajstić information content (AvgIpc) is 3.29. The molecule has 0 saturated carbocycles. The van der Waals surface area contributed by atoms with E-state index in [0.717, 1.165) is 33.9 Å². The zero-order valence-electron chi connectivity index (χ0n) is 16.8. The van der Waals surface area contributed by atoms with Gasteiger partial charge in [0.1, 0.15) is 11.6 Å². The summed E-state index contributed by atoms with van der Waals surface area (Å²) in [5, 5.41) is 9.84. The maximum atomic E-state index is 12.2. The van der Waals surface area contributed by atoms with Crippen molar-refractivity contribution < 1.29 is 4.79 Å². The molecule has 0 spiro atoms. The molecular weight excluding hydrogens is 364 g/mol. The fourth-order valence-electron chi connectivity index (χ4n) is 3.16. The van der Waals surface area contributed by atoms with Crippen molar-refractivity contribution in [3.63, 3.8) is 0 Å². The number of imidazole rings is 1. The molecule has 0 atom stereocenters. The van der Waals surface area contributed by atoms with Gasteiger partial charge in [-0.05, 0) is 42.3 Å². The topological polar surface area (TPSA) is 99.3 Å². The molecular formula is C22H24N6O. The third-order valence-corrected chi connectivity index (χ3v) is 4.69. The van der Waals surface area contributed by atoms with E-state index in [4.69, 9.17) is 0 Å². The van der Waals surface area contributed by atoms with Crippen LogP contribution in [0.4, 0.5) is 5.69 Å².